The Morgan fingerprint density at radius 1 is 1.21 bits per heavy atom. The van der Waals surface area contributed by atoms with Gasteiger partial charge < -0.3 is 35.0 Å². The maximum Gasteiger partial charge on any atom is 0.321 e. The summed E-state index contributed by atoms with van der Waals surface area (Å²) >= 11 is 0. The van der Waals surface area contributed by atoms with Crippen molar-refractivity contribution < 1.29 is 29.0 Å². The minimum Gasteiger partial charge on any atom is -0.497 e. The third-order valence-electron chi connectivity index (χ3n) is 7.32. The van der Waals surface area contributed by atoms with Gasteiger partial charge in [-0.2, -0.15) is 5.10 Å². The van der Waals surface area contributed by atoms with Crippen molar-refractivity contribution in [1.29, 1.82) is 0 Å². The Balaban J connectivity index is 1.64. The molecule has 2 heterocycles. The Kier molecular flexibility index (Phi) is 9.36. The smallest absolute Gasteiger partial charge is 0.321 e. The van der Waals surface area contributed by atoms with Gasteiger partial charge >= 0.3 is 6.03 Å². The highest BCUT2D eigenvalue weighted by Gasteiger charge is 2.35. The standard InChI is InChI=1S/C30H38N6O6/c1-18-15-36(20(3)17-37)29(39)23-8-7-9-24(32-28(38)25-14-19(2)33-35(25)5)27(23)42-26(18)16-34(4)30(40)31-21-10-12-22(41-6)13-11-21/h7-14,18,20,26,37H,15-17H2,1-6H3,(H,31,40)(H,32,38)/t18-,20+,26+/m0/s1. The molecule has 12 heteroatoms. The molecular weight excluding hydrogens is 540 g/mol. The van der Waals surface area contributed by atoms with Crippen LogP contribution in [0.5, 0.6) is 11.5 Å². The second kappa shape index (κ2) is 12.9. The first-order valence-electron chi connectivity index (χ1n) is 13.7. The monoisotopic (exact) mass is 578 g/mol. The van der Waals surface area contributed by atoms with E-state index in [0.29, 0.717) is 35.1 Å². The molecule has 12 nitrogen and oxygen atoms in total. The van der Waals surface area contributed by atoms with E-state index in [1.807, 2.05) is 6.92 Å². The van der Waals surface area contributed by atoms with Crippen molar-refractivity contribution in [3.63, 3.8) is 0 Å². The number of methoxy groups -OCH3 is 1. The van der Waals surface area contributed by atoms with Gasteiger partial charge in [0.2, 0.25) is 0 Å². The number of aliphatic hydroxyl groups is 1. The average molecular weight is 579 g/mol. The molecule has 3 N–H and O–H groups in total. The highest BCUT2D eigenvalue weighted by atomic mass is 16.5. The summed E-state index contributed by atoms with van der Waals surface area (Å²) in [5.41, 5.74) is 2.20. The zero-order chi connectivity index (χ0) is 30.6. The minimum absolute atomic E-state index is 0.182. The quantitative estimate of drug-likeness (QED) is 0.373. The van der Waals surface area contributed by atoms with Crippen LogP contribution in [-0.4, -0.2) is 88.5 Å². The summed E-state index contributed by atoms with van der Waals surface area (Å²) in [7, 11) is 4.91. The van der Waals surface area contributed by atoms with Crippen molar-refractivity contribution in [3.8, 4) is 11.5 Å². The molecule has 1 aliphatic rings. The van der Waals surface area contributed by atoms with Gasteiger partial charge in [-0.25, -0.2) is 4.79 Å². The van der Waals surface area contributed by atoms with Crippen LogP contribution in [0, 0.1) is 12.8 Å². The number of nitrogens with one attached hydrogen (secondary N) is 2. The Labute approximate surface area is 245 Å². The predicted molar refractivity (Wildman–Crippen MR) is 158 cm³/mol. The number of benzene rings is 2. The third-order valence-corrected chi connectivity index (χ3v) is 7.32. The number of likely N-dealkylation sites (N-methyl/N-ethyl adjacent to an activating group) is 1. The van der Waals surface area contributed by atoms with Crippen molar-refractivity contribution >= 4 is 29.2 Å². The molecule has 4 rings (SSSR count). The number of hydrogen-bond donors (Lipinski definition) is 3. The van der Waals surface area contributed by atoms with Gasteiger partial charge in [-0.3, -0.25) is 14.3 Å². The molecule has 0 saturated carbocycles. The summed E-state index contributed by atoms with van der Waals surface area (Å²) in [5.74, 6) is -0.101. The number of nitrogens with zero attached hydrogens (tertiary/aromatic N) is 4. The summed E-state index contributed by atoms with van der Waals surface area (Å²) in [4.78, 5) is 43.1. The number of para-hydroxylation sites is 1. The minimum atomic E-state index is -0.561. The second-order valence-corrected chi connectivity index (χ2v) is 10.6. The van der Waals surface area contributed by atoms with E-state index in [1.165, 1.54) is 9.58 Å². The van der Waals surface area contributed by atoms with Gasteiger partial charge in [-0.05, 0) is 56.3 Å². The SMILES string of the molecule is COc1ccc(NC(=O)N(C)C[C@H]2Oc3c(NC(=O)c4cc(C)nn4C)cccc3C(=O)N([C@H](C)CO)C[C@@H]2C)cc1. The number of hydrogen-bond acceptors (Lipinski definition) is 7. The third kappa shape index (κ3) is 6.65. The number of carbonyl (C=O) groups is 3. The lowest BCUT2D eigenvalue weighted by Crippen LogP contribution is -2.50. The predicted octanol–water partition coefficient (Wildman–Crippen LogP) is 3.37. The summed E-state index contributed by atoms with van der Waals surface area (Å²) in [6.07, 6.45) is -0.561. The molecule has 0 spiro atoms. The van der Waals surface area contributed by atoms with Crippen molar-refractivity contribution in [2.45, 2.75) is 32.9 Å². The van der Waals surface area contributed by atoms with Crippen molar-refractivity contribution in [1.82, 2.24) is 19.6 Å². The van der Waals surface area contributed by atoms with Crippen molar-refractivity contribution in [2.24, 2.45) is 13.0 Å². The fourth-order valence-electron chi connectivity index (χ4n) is 4.82. The number of ether oxygens (including phenoxy) is 2. The zero-order valence-electron chi connectivity index (χ0n) is 24.7. The zero-order valence-corrected chi connectivity index (χ0v) is 24.7. The van der Waals surface area contributed by atoms with E-state index in [0.717, 1.165) is 0 Å². The van der Waals surface area contributed by atoms with Gasteiger partial charge in [0, 0.05) is 32.2 Å². The van der Waals surface area contributed by atoms with Crippen LogP contribution in [0.3, 0.4) is 0 Å². The molecule has 2 aromatic carbocycles. The molecule has 1 aliphatic heterocycles. The highest BCUT2D eigenvalue weighted by molar-refractivity contribution is 6.06. The summed E-state index contributed by atoms with van der Waals surface area (Å²) < 4.78 is 13.2. The van der Waals surface area contributed by atoms with Crippen LogP contribution in [-0.2, 0) is 7.05 Å². The van der Waals surface area contributed by atoms with Crippen LogP contribution in [0.1, 0.15) is 40.4 Å². The molecule has 0 saturated heterocycles. The Morgan fingerprint density at radius 2 is 1.93 bits per heavy atom. The number of fused-ring (bicyclic) bond motifs is 1. The van der Waals surface area contributed by atoms with Crippen molar-refractivity contribution in [3.05, 3.63) is 65.5 Å². The molecule has 0 radical (unpaired) electrons. The van der Waals surface area contributed by atoms with Crippen LogP contribution in [0.4, 0.5) is 16.2 Å². The normalized spacial score (nSPS) is 17.3. The number of urea groups is 1. The van der Waals surface area contributed by atoms with Gasteiger partial charge in [-0.1, -0.05) is 13.0 Å². The molecule has 1 aromatic heterocycles. The molecule has 42 heavy (non-hydrogen) atoms. The number of carbonyl (C=O) groups excluding carboxylic acids is 3. The summed E-state index contributed by atoms with van der Waals surface area (Å²) in [6, 6.07) is 12.8. The largest absolute Gasteiger partial charge is 0.497 e. The topological polar surface area (TPSA) is 138 Å². The molecular formula is C30H38N6O6. The highest BCUT2D eigenvalue weighted by Crippen LogP contribution is 2.35. The van der Waals surface area contributed by atoms with E-state index >= 15 is 0 Å². The molecule has 0 unspecified atom stereocenters. The first-order chi connectivity index (χ1) is 20.0. The van der Waals surface area contributed by atoms with E-state index < -0.39 is 18.1 Å². The van der Waals surface area contributed by atoms with Gasteiger partial charge in [0.15, 0.2) is 5.75 Å². The van der Waals surface area contributed by atoms with Crippen LogP contribution in [0.15, 0.2) is 48.5 Å². The van der Waals surface area contributed by atoms with E-state index in [2.05, 4.69) is 15.7 Å². The van der Waals surface area contributed by atoms with Crippen LogP contribution < -0.4 is 20.1 Å². The molecule has 3 atom stereocenters. The first kappa shape index (κ1) is 30.4. The lowest BCUT2D eigenvalue weighted by molar-refractivity contribution is 0.0372. The summed E-state index contributed by atoms with van der Waals surface area (Å²) in [5, 5.41) is 19.9. The maximum absolute atomic E-state index is 13.7. The molecule has 0 bridgehead atoms. The number of rotatable bonds is 8. The van der Waals surface area contributed by atoms with Crippen LogP contribution in [0.2, 0.25) is 0 Å². The lowest BCUT2D eigenvalue weighted by Gasteiger charge is -2.38. The fraction of sp³-hybridized carbons (Fsp3) is 0.400. The van der Waals surface area contributed by atoms with Crippen LogP contribution >= 0.6 is 0 Å². The van der Waals surface area contributed by atoms with Gasteiger partial charge in [-0.15, -0.1) is 0 Å². The van der Waals surface area contributed by atoms with Crippen molar-refractivity contribution in [2.75, 3.05) is 44.5 Å². The molecule has 224 valence electrons. The number of aliphatic hydroxyl groups excluding tert-OH is 1. The Hall–Kier alpha value is -4.58. The van der Waals surface area contributed by atoms with Crippen LogP contribution in [0.25, 0.3) is 0 Å². The fourth-order valence-corrected chi connectivity index (χ4v) is 4.82. The Bertz CT molecular complexity index is 1440. The molecule has 3 aromatic rings. The van der Waals surface area contributed by atoms with E-state index in [4.69, 9.17) is 9.47 Å². The van der Waals surface area contributed by atoms with E-state index in [-0.39, 0.29) is 42.3 Å². The van der Waals surface area contributed by atoms with E-state index in [1.54, 1.807) is 88.5 Å². The molecule has 4 amide bonds. The number of amides is 4. The number of anilines is 2. The number of aromatic nitrogens is 2. The lowest BCUT2D eigenvalue weighted by atomic mass is 9.99. The average Bonchev–Trinajstić information content (AvgIpc) is 3.32. The van der Waals surface area contributed by atoms with Gasteiger partial charge in [0.25, 0.3) is 11.8 Å². The first-order valence-corrected chi connectivity index (χ1v) is 13.7. The molecule has 0 fully saturated rings. The second-order valence-electron chi connectivity index (χ2n) is 10.6. The van der Waals surface area contributed by atoms with E-state index in [9.17, 15) is 19.5 Å². The van der Waals surface area contributed by atoms with Gasteiger partial charge in [0.1, 0.15) is 17.5 Å². The molecule has 0 aliphatic carbocycles. The summed E-state index contributed by atoms with van der Waals surface area (Å²) in [6.45, 7) is 5.74. The van der Waals surface area contributed by atoms with Gasteiger partial charge in [0.05, 0.1) is 43.2 Å². The number of aryl methyl sites for hydroxylation is 2. The Morgan fingerprint density at radius 3 is 2.55 bits per heavy atom. The maximum atomic E-state index is 13.7.